The highest BCUT2D eigenvalue weighted by molar-refractivity contribution is 6.32. The summed E-state index contributed by atoms with van der Waals surface area (Å²) in [4.78, 5) is 68.7. The zero-order valence-corrected chi connectivity index (χ0v) is 22.7. The van der Waals surface area contributed by atoms with Gasteiger partial charge in [-0.05, 0) is 60.7 Å². The molecular weight excluding hydrogens is 516 g/mol. The van der Waals surface area contributed by atoms with Gasteiger partial charge in [0, 0.05) is 29.1 Å². The number of carbonyl (C=O) groups is 5. The van der Waals surface area contributed by atoms with E-state index in [0.717, 1.165) is 0 Å². The number of benzene rings is 1. The molecule has 4 N–H and O–H groups in total. The van der Waals surface area contributed by atoms with Crippen LogP contribution in [0, 0.1) is 35.3 Å². The van der Waals surface area contributed by atoms with Gasteiger partial charge in [-0.2, -0.15) is 0 Å². The summed E-state index contributed by atoms with van der Waals surface area (Å²) in [6.07, 6.45) is -0.504. The van der Waals surface area contributed by atoms with E-state index < -0.39 is 98.4 Å². The predicted octanol–water partition coefficient (Wildman–Crippen LogP) is 0.376. The lowest BCUT2D eigenvalue weighted by atomic mass is 9.52. The fourth-order valence-electron chi connectivity index (χ4n) is 6.34. The van der Waals surface area contributed by atoms with Crippen molar-refractivity contribution >= 4 is 29.0 Å². The molecule has 0 radical (unpaired) electrons. The van der Waals surface area contributed by atoms with E-state index in [2.05, 4.69) is 0 Å². The van der Waals surface area contributed by atoms with Gasteiger partial charge >= 0.3 is 0 Å². The topological polar surface area (TPSA) is 158 Å². The van der Waals surface area contributed by atoms with Crippen LogP contribution in [0.2, 0.25) is 0 Å². The van der Waals surface area contributed by atoms with Crippen LogP contribution in [0.25, 0.3) is 0 Å². The monoisotopic (exact) mass is 549 g/mol. The Hall–Kier alpha value is -3.09. The standard InChI is InChI=1S/C27H33F2N3O7/c1-26(2,3)32(6)9-12-17(28)11-7-10-8-13-19(31(4)5)22(35)16(25(30)38)24(37)27(13,39)23(36)14(10)20(33)15(11)21(34)18(12)29/h10,13-14,16,19,34,39H,7-9H2,1-6H3,(H2,30,38)/t10-,13-,14?,16?,19-,27-/m0/s1. The van der Waals surface area contributed by atoms with Crippen LogP contribution in [0.3, 0.4) is 0 Å². The van der Waals surface area contributed by atoms with Crippen LogP contribution in [-0.2, 0) is 32.1 Å². The summed E-state index contributed by atoms with van der Waals surface area (Å²) in [6.45, 7) is 5.29. The van der Waals surface area contributed by atoms with Gasteiger partial charge in [0.1, 0.15) is 5.82 Å². The van der Waals surface area contributed by atoms with Crippen molar-refractivity contribution in [1.29, 1.82) is 0 Å². The summed E-state index contributed by atoms with van der Waals surface area (Å²) < 4.78 is 31.1. The Balaban J connectivity index is 1.86. The number of Topliss-reactive ketones (excluding diaryl/α,β-unsaturated/α-hetero) is 4. The Morgan fingerprint density at radius 1 is 1.08 bits per heavy atom. The van der Waals surface area contributed by atoms with Crippen molar-refractivity contribution in [3.05, 3.63) is 28.3 Å². The molecule has 3 aliphatic rings. The SMILES string of the molecule is CN(C)[C@@H]1C(=O)C(C(N)=O)C(=O)[C@@]2(O)C(=O)C3C(=O)c4c(O)c(F)c(CN(C)C(C)(C)C)c(F)c4C[C@H]3C[C@@H]12. The molecule has 39 heavy (non-hydrogen) atoms. The van der Waals surface area contributed by atoms with Gasteiger partial charge < -0.3 is 15.9 Å². The molecule has 0 saturated heterocycles. The largest absolute Gasteiger partial charge is 0.504 e. The number of primary amides is 1. The Kier molecular flexibility index (Phi) is 6.85. The van der Waals surface area contributed by atoms with Crippen LogP contribution < -0.4 is 5.73 Å². The Morgan fingerprint density at radius 3 is 2.18 bits per heavy atom. The first-order chi connectivity index (χ1) is 17.9. The minimum atomic E-state index is -2.90. The summed E-state index contributed by atoms with van der Waals surface area (Å²) in [6, 6.07) is -1.27. The highest BCUT2D eigenvalue weighted by atomic mass is 19.1. The lowest BCUT2D eigenvalue weighted by Crippen LogP contribution is -2.74. The molecule has 1 aromatic carbocycles. The lowest BCUT2D eigenvalue weighted by Gasteiger charge is -2.52. The Labute approximate surface area is 224 Å². The highest BCUT2D eigenvalue weighted by Crippen LogP contribution is 2.51. The highest BCUT2D eigenvalue weighted by Gasteiger charge is 2.69. The van der Waals surface area contributed by atoms with E-state index in [1.807, 2.05) is 20.8 Å². The molecule has 2 fully saturated rings. The van der Waals surface area contributed by atoms with Crippen LogP contribution in [0.5, 0.6) is 5.75 Å². The van der Waals surface area contributed by atoms with Gasteiger partial charge in [-0.25, -0.2) is 8.78 Å². The molecule has 2 saturated carbocycles. The number of fused-ring (bicyclic) bond motifs is 3. The number of nitrogens with zero attached hydrogens (tertiary/aromatic N) is 2. The minimum absolute atomic E-state index is 0.216. The number of likely N-dealkylation sites (N-methyl/N-ethyl adjacent to an activating group) is 1. The third kappa shape index (κ3) is 4.03. The number of hydrogen-bond acceptors (Lipinski definition) is 9. The number of ketones is 4. The van der Waals surface area contributed by atoms with E-state index in [0.29, 0.717) is 0 Å². The van der Waals surface area contributed by atoms with Gasteiger partial charge in [0.2, 0.25) is 5.91 Å². The molecule has 0 bridgehead atoms. The molecule has 212 valence electrons. The molecule has 10 nitrogen and oxygen atoms in total. The van der Waals surface area contributed by atoms with Crippen LogP contribution in [0.4, 0.5) is 8.78 Å². The number of nitrogens with two attached hydrogens (primary N) is 1. The van der Waals surface area contributed by atoms with Gasteiger partial charge in [-0.1, -0.05) is 0 Å². The van der Waals surface area contributed by atoms with Crippen molar-refractivity contribution in [2.45, 2.75) is 57.3 Å². The van der Waals surface area contributed by atoms with E-state index >= 15 is 8.78 Å². The van der Waals surface area contributed by atoms with Crippen LogP contribution >= 0.6 is 0 Å². The van der Waals surface area contributed by atoms with Crippen molar-refractivity contribution < 1.29 is 43.0 Å². The third-order valence-electron chi connectivity index (χ3n) is 8.74. The van der Waals surface area contributed by atoms with Crippen molar-refractivity contribution in [1.82, 2.24) is 9.80 Å². The maximum absolute atomic E-state index is 15.8. The number of phenolic OH excluding ortho intramolecular Hbond substituents is 1. The molecule has 6 atom stereocenters. The molecule has 2 unspecified atom stereocenters. The van der Waals surface area contributed by atoms with Crippen LogP contribution in [-0.4, -0.2) is 87.4 Å². The number of rotatable bonds is 4. The molecule has 0 spiro atoms. The maximum atomic E-state index is 15.8. The predicted molar refractivity (Wildman–Crippen MR) is 132 cm³/mol. The molecule has 12 heteroatoms. The summed E-state index contributed by atoms with van der Waals surface area (Å²) >= 11 is 0. The average Bonchev–Trinajstić information content (AvgIpc) is 2.81. The summed E-state index contributed by atoms with van der Waals surface area (Å²) in [7, 11) is 4.58. The fraction of sp³-hybridized carbons (Fsp3) is 0.593. The number of amides is 1. The van der Waals surface area contributed by atoms with Gasteiger partial charge in [-0.15, -0.1) is 0 Å². The number of halogens is 2. The van der Waals surface area contributed by atoms with E-state index in [1.54, 1.807) is 11.9 Å². The van der Waals surface area contributed by atoms with Gasteiger partial charge in [-0.3, -0.25) is 33.8 Å². The maximum Gasteiger partial charge on any atom is 0.235 e. The fourth-order valence-corrected chi connectivity index (χ4v) is 6.34. The van der Waals surface area contributed by atoms with E-state index in [1.165, 1.54) is 19.0 Å². The molecule has 0 aliphatic heterocycles. The lowest BCUT2D eigenvalue weighted by molar-refractivity contribution is -0.181. The molecule has 4 rings (SSSR count). The zero-order valence-electron chi connectivity index (χ0n) is 22.7. The van der Waals surface area contributed by atoms with Gasteiger partial charge in [0.15, 0.2) is 46.2 Å². The first kappa shape index (κ1) is 28.9. The van der Waals surface area contributed by atoms with E-state index in [4.69, 9.17) is 5.73 Å². The smallest absolute Gasteiger partial charge is 0.235 e. The summed E-state index contributed by atoms with van der Waals surface area (Å²) in [5.74, 6) is -15.6. The first-order valence-corrected chi connectivity index (χ1v) is 12.6. The second-order valence-corrected chi connectivity index (χ2v) is 12.1. The minimum Gasteiger partial charge on any atom is -0.504 e. The molecule has 1 aromatic rings. The van der Waals surface area contributed by atoms with Crippen LogP contribution in [0.1, 0.15) is 48.7 Å². The molecular formula is C27H33F2N3O7. The number of aromatic hydroxyl groups is 1. The number of phenols is 1. The number of hydrogen-bond donors (Lipinski definition) is 3. The third-order valence-corrected chi connectivity index (χ3v) is 8.74. The van der Waals surface area contributed by atoms with Crippen molar-refractivity contribution in [3.8, 4) is 5.75 Å². The average molecular weight is 550 g/mol. The van der Waals surface area contributed by atoms with E-state index in [-0.39, 0.29) is 24.9 Å². The quantitative estimate of drug-likeness (QED) is 0.451. The Bertz CT molecular complexity index is 1320. The number of aliphatic hydroxyl groups is 1. The zero-order chi connectivity index (χ0) is 29.5. The number of carbonyl (C=O) groups excluding carboxylic acids is 5. The second-order valence-electron chi connectivity index (χ2n) is 12.1. The second kappa shape index (κ2) is 9.24. The van der Waals surface area contributed by atoms with Gasteiger partial charge in [0.05, 0.1) is 17.5 Å². The normalized spacial score (nSPS) is 30.9. The molecule has 1 amide bonds. The summed E-state index contributed by atoms with van der Waals surface area (Å²) in [5.41, 5.74) is 0.488. The van der Waals surface area contributed by atoms with Crippen molar-refractivity contribution in [2.24, 2.45) is 29.4 Å². The van der Waals surface area contributed by atoms with Crippen LogP contribution in [0.15, 0.2) is 0 Å². The molecule has 0 heterocycles. The Morgan fingerprint density at radius 2 is 1.67 bits per heavy atom. The van der Waals surface area contributed by atoms with Crippen molar-refractivity contribution in [2.75, 3.05) is 21.1 Å². The molecule has 3 aliphatic carbocycles. The molecule has 0 aromatic heterocycles. The van der Waals surface area contributed by atoms with Gasteiger partial charge in [0.25, 0.3) is 0 Å². The first-order valence-electron chi connectivity index (χ1n) is 12.6. The summed E-state index contributed by atoms with van der Waals surface area (Å²) in [5, 5.41) is 22.2. The van der Waals surface area contributed by atoms with E-state index in [9.17, 15) is 34.2 Å². The van der Waals surface area contributed by atoms with Crippen molar-refractivity contribution in [3.63, 3.8) is 0 Å².